The summed E-state index contributed by atoms with van der Waals surface area (Å²) in [6.45, 7) is 14.5. The van der Waals surface area contributed by atoms with Crippen molar-refractivity contribution in [3.05, 3.63) is 0 Å². The lowest BCUT2D eigenvalue weighted by atomic mass is 9.76. The van der Waals surface area contributed by atoms with E-state index in [-0.39, 0.29) is 5.60 Å². The van der Waals surface area contributed by atoms with Gasteiger partial charge in [-0.25, -0.2) is 0 Å². The van der Waals surface area contributed by atoms with E-state index in [1.807, 2.05) is 0 Å². The van der Waals surface area contributed by atoms with Crippen molar-refractivity contribution in [3.8, 4) is 0 Å². The van der Waals surface area contributed by atoms with Gasteiger partial charge < -0.3 is 10.1 Å². The monoisotopic (exact) mass is 296 g/mol. The summed E-state index contributed by atoms with van der Waals surface area (Å²) < 4.78 is 5.86. The second-order valence-electron chi connectivity index (χ2n) is 7.74. The van der Waals surface area contributed by atoms with Crippen molar-refractivity contribution in [2.45, 2.75) is 71.4 Å². The summed E-state index contributed by atoms with van der Waals surface area (Å²) in [5.74, 6) is 1.79. The molecule has 0 amide bonds. The van der Waals surface area contributed by atoms with Crippen LogP contribution in [0.3, 0.4) is 0 Å². The maximum absolute atomic E-state index is 5.86. The van der Waals surface area contributed by atoms with E-state index in [2.05, 4.69) is 37.9 Å². The highest BCUT2D eigenvalue weighted by atomic mass is 16.5. The van der Waals surface area contributed by atoms with Crippen molar-refractivity contribution >= 4 is 0 Å². The molecular formula is C18H36N2O. The molecule has 2 aliphatic rings. The second-order valence-corrected chi connectivity index (χ2v) is 7.74. The molecule has 0 bridgehead atoms. The number of morpholine rings is 1. The Bertz CT molecular complexity index is 306. The van der Waals surface area contributed by atoms with E-state index in [0.717, 1.165) is 44.1 Å². The summed E-state index contributed by atoms with van der Waals surface area (Å²) in [7, 11) is 0. The molecule has 1 aliphatic carbocycles. The van der Waals surface area contributed by atoms with Crippen LogP contribution in [0.1, 0.15) is 59.8 Å². The molecule has 1 aliphatic heterocycles. The van der Waals surface area contributed by atoms with Gasteiger partial charge in [0.15, 0.2) is 0 Å². The first-order valence-electron chi connectivity index (χ1n) is 9.13. The van der Waals surface area contributed by atoms with Crippen LogP contribution in [0.4, 0.5) is 0 Å². The van der Waals surface area contributed by atoms with Crippen LogP contribution in [0.15, 0.2) is 0 Å². The second kappa shape index (κ2) is 7.94. The average molecular weight is 296 g/mol. The van der Waals surface area contributed by atoms with Gasteiger partial charge in [-0.3, -0.25) is 4.90 Å². The standard InChI is InChI=1S/C18H36N2O/c1-5-7-15-8-9-17(19-6-2)16(12-15)13-20-10-11-21-18(3,4)14-20/h15-17,19H,5-14H2,1-4H3. The molecule has 1 N–H and O–H groups in total. The molecule has 0 aromatic heterocycles. The molecule has 1 saturated heterocycles. The molecule has 0 spiro atoms. The smallest absolute Gasteiger partial charge is 0.0753 e. The SMILES string of the molecule is CCCC1CCC(NCC)C(CN2CCOC(C)(C)C2)C1. The maximum atomic E-state index is 5.86. The first kappa shape index (κ1) is 17.2. The minimum Gasteiger partial charge on any atom is -0.373 e. The van der Waals surface area contributed by atoms with E-state index >= 15 is 0 Å². The van der Waals surface area contributed by atoms with Gasteiger partial charge in [-0.15, -0.1) is 0 Å². The van der Waals surface area contributed by atoms with Crippen LogP contribution < -0.4 is 5.32 Å². The number of ether oxygens (including phenoxy) is 1. The molecule has 1 heterocycles. The molecule has 1 saturated carbocycles. The van der Waals surface area contributed by atoms with Crippen LogP contribution in [-0.4, -0.2) is 49.3 Å². The van der Waals surface area contributed by atoms with Gasteiger partial charge in [0.2, 0.25) is 0 Å². The molecule has 3 unspecified atom stereocenters. The van der Waals surface area contributed by atoms with Crippen molar-refractivity contribution in [1.82, 2.24) is 10.2 Å². The molecule has 0 aromatic carbocycles. The minimum atomic E-state index is 0.0312. The largest absolute Gasteiger partial charge is 0.373 e. The van der Waals surface area contributed by atoms with E-state index in [1.165, 1.54) is 38.6 Å². The fraction of sp³-hybridized carbons (Fsp3) is 1.00. The van der Waals surface area contributed by atoms with Crippen LogP contribution in [-0.2, 0) is 4.74 Å². The van der Waals surface area contributed by atoms with Gasteiger partial charge in [-0.1, -0.05) is 26.7 Å². The average Bonchev–Trinajstić information content (AvgIpc) is 2.41. The fourth-order valence-corrected chi connectivity index (χ4v) is 4.37. The highest BCUT2D eigenvalue weighted by Gasteiger charge is 2.34. The molecular weight excluding hydrogens is 260 g/mol. The summed E-state index contributed by atoms with van der Waals surface area (Å²) >= 11 is 0. The van der Waals surface area contributed by atoms with Gasteiger partial charge in [0.05, 0.1) is 12.2 Å². The summed E-state index contributed by atoms with van der Waals surface area (Å²) in [5.41, 5.74) is 0.0312. The number of hydrogen-bond donors (Lipinski definition) is 1. The predicted molar refractivity (Wildman–Crippen MR) is 89.7 cm³/mol. The Balaban J connectivity index is 1.92. The van der Waals surface area contributed by atoms with Crippen LogP contribution in [0, 0.1) is 11.8 Å². The molecule has 2 rings (SSSR count). The first-order valence-corrected chi connectivity index (χ1v) is 9.13. The minimum absolute atomic E-state index is 0.0312. The molecule has 0 radical (unpaired) electrons. The Labute approximate surface area is 131 Å². The van der Waals surface area contributed by atoms with Crippen molar-refractivity contribution in [2.24, 2.45) is 11.8 Å². The lowest BCUT2D eigenvalue weighted by Crippen LogP contribution is -2.52. The third kappa shape index (κ3) is 5.22. The van der Waals surface area contributed by atoms with Crippen LogP contribution in [0.5, 0.6) is 0 Å². The Morgan fingerprint density at radius 2 is 2.05 bits per heavy atom. The fourth-order valence-electron chi connectivity index (χ4n) is 4.37. The first-order chi connectivity index (χ1) is 10.0. The Hall–Kier alpha value is -0.120. The maximum Gasteiger partial charge on any atom is 0.0753 e. The zero-order valence-electron chi connectivity index (χ0n) is 14.7. The Kier molecular flexibility index (Phi) is 6.51. The van der Waals surface area contributed by atoms with Crippen molar-refractivity contribution < 1.29 is 4.74 Å². The van der Waals surface area contributed by atoms with E-state index in [9.17, 15) is 0 Å². The zero-order chi connectivity index (χ0) is 15.3. The summed E-state index contributed by atoms with van der Waals surface area (Å²) in [4.78, 5) is 2.65. The van der Waals surface area contributed by atoms with Crippen molar-refractivity contribution in [3.63, 3.8) is 0 Å². The lowest BCUT2D eigenvalue weighted by molar-refractivity contribution is -0.0914. The quantitative estimate of drug-likeness (QED) is 0.814. The Morgan fingerprint density at radius 3 is 2.71 bits per heavy atom. The van der Waals surface area contributed by atoms with Crippen molar-refractivity contribution in [1.29, 1.82) is 0 Å². The topological polar surface area (TPSA) is 24.5 Å². The molecule has 0 aromatic rings. The van der Waals surface area contributed by atoms with Gasteiger partial charge in [0.25, 0.3) is 0 Å². The molecule has 21 heavy (non-hydrogen) atoms. The van der Waals surface area contributed by atoms with Crippen molar-refractivity contribution in [2.75, 3.05) is 32.8 Å². The van der Waals surface area contributed by atoms with Gasteiger partial charge in [0, 0.05) is 25.7 Å². The van der Waals surface area contributed by atoms with E-state index in [0.29, 0.717) is 0 Å². The van der Waals surface area contributed by atoms with Gasteiger partial charge in [-0.2, -0.15) is 0 Å². The predicted octanol–water partition coefficient (Wildman–Crippen LogP) is 3.29. The van der Waals surface area contributed by atoms with E-state index in [1.54, 1.807) is 0 Å². The van der Waals surface area contributed by atoms with Gasteiger partial charge >= 0.3 is 0 Å². The van der Waals surface area contributed by atoms with Gasteiger partial charge in [0.1, 0.15) is 0 Å². The third-order valence-electron chi connectivity index (χ3n) is 5.25. The highest BCUT2D eigenvalue weighted by molar-refractivity contribution is 4.88. The lowest BCUT2D eigenvalue weighted by Gasteiger charge is -2.43. The Morgan fingerprint density at radius 1 is 1.24 bits per heavy atom. The van der Waals surface area contributed by atoms with E-state index < -0.39 is 0 Å². The van der Waals surface area contributed by atoms with Gasteiger partial charge in [-0.05, 0) is 51.5 Å². The van der Waals surface area contributed by atoms with Crippen LogP contribution in [0.2, 0.25) is 0 Å². The molecule has 3 heteroatoms. The van der Waals surface area contributed by atoms with Crippen LogP contribution >= 0.6 is 0 Å². The highest BCUT2D eigenvalue weighted by Crippen LogP contribution is 2.33. The number of hydrogen-bond acceptors (Lipinski definition) is 3. The molecule has 3 atom stereocenters. The third-order valence-corrected chi connectivity index (χ3v) is 5.25. The zero-order valence-corrected chi connectivity index (χ0v) is 14.7. The normalized spacial score (nSPS) is 34.0. The number of nitrogens with one attached hydrogen (secondary N) is 1. The summed E-state index contributed by atoms with van der Waals surface area (Å²) in [5, 5.41) is 3.75. The summed E-state index contributed by atoms with van der Waals surface area (Å²) in [6, 6.07) is 0.731. The molecule has 2 fully saturated rings. The number of rotatable bonds is 6. The van der Waals surface area contributed by atoms with Crippen LogP contribution in [0.25, 0.3) is 0 Å². The molecule has 124 valence electrons. The van der Waals surface area contributed by atoms with E-state index in [4.69, 9.17) is 4.74 Å². The number of nitrogens with zero attached hydrogens (tertiary/aromatic N) is 1. The summed E-state index contributed by atoms with van der Waals surface area (Å²) in [6.07, 6.45) is 6.98. The molecule has 3 nitrogen and oxygen atoms in total.